The van der Waals surface area contributed by atoms with Gasteiger partial charge in [-0.05, 0) is 29.8 Å². The van der Waals surface area contributed by atoms with E-state index in [4.69, 9.17) is 10.5 Å². The van der Waals surface area contributed by atoms with E-state index in [1.807, 2.05) is 0 Å². The van der Waals surface area contributed by atoms with Crippen LogP contribution in [0.5, 0.6) is 0 Å². The van der Waals surface area contributed by atoms with Gasteiger partial charge >= 0.3 is 5.97 Å². The number of nitro groups is 1. The van der Waals surface area contributed by atoms with Gasteiger partial charge < -0.3 is 15.8 Å². The Morgan fingerprint density at radius 2 is 1.76 bits per heavy atom. The highest BCUT2D eigenvalue weighted by Gasteiger charge is 2.23. The van der Waals surface area contributed by atoms with Gasteiger partial charge in [-0.15, -0.1) is 0 Å². The molecule has 1 atom stereocenters. The molecule has 0 bridgehead atoms. The number of nitro benzene ring substituents is 1. The van der Waals surface area contributed by atoms with Crippen molar-refractivity contribution in [3.63, 3.8) is 0 Å². The van der Waals surface area contributed by atoms with E-state index in [0.717, 1.165) is 5.56 Å². The quantitative estimate of drug-likeness (QED) is 0.356. The van der Waals surface area contributed by atoms with E-state index in [1.165, 1.54) is 31.4 Å². The lowest BCUT2D eigenvalue weighted by molar-refractivity contribution is -0.384. The van der Waals surface area contributed by atoms with E-state index in [9.17, 15) is 19.7 Å². The van der Waals surface area contributed by atoms with Crippen LogP contribution in [0.3, 0.4) is 0 Å². The molecule has 0 aromatic heterocycles. The molecule has 3 N–H and O–H groups in total. The van der Waals surface area contributed by atoms with E-state index >= 15 is 0 Å². The van der Waals surface area contributed by atoms with Gasteiger partial charge in [0.05, 0.1) is 12.0 Å². The predicted molar refractivity (Wildman–Crippen MR) is 90.9 cm³/mol. The van der Waals surface area contributed by atoms with Crippen LogP contribution in [0.4, 0.5) is 11.4 Å². The summed E-state index contributed by atoms with van der Waals surface area (Å²) in [6, 6.07) is 11.1. The van der Waals surface area contributed by atoms with Gasteiger partial charge in [0, 0.05) is 29.8 Å². The number of anilines is 1. The Bertz CT molecular complexity index is 772. The van der Waals surface area contributed by atoms with Gasteiger partial charge in [-0.1, -0.05) is 12.1 Å². The third-order valence-corrected chi connectivity index (χ3v) is 3.55. The molecule has 0 heterocycles. The fourth-order valence-corrected chi connectivity index (χ4v) is 2.20. The number of amides is 1. The molecule has 0 aliphatic carbocycles. The van der Waals surface area contributed by atoms with Gasteiger partial charge in [0.2, 0.25) is 0 Å². The summed E-state index contributed by atoms with van der Waals surface area (Å²) in [5, 5.41) is 13.2. The van der Waals surface area contributed by atoms with Crippen molar-refractivity contribution in [2.45, 2.75) is 12.5 Å². The van der Waals surface area contributed by atoms with Crippen molar-refractivity contribution in [3.8, 4) is 0 Å². The molecule has 0 radical (unpaired) electrons. The zero-order valence-electron chi connectivity index (χ0n) is 13.5. The van der Waals surface area contributed by atoms with Crippen LogP contribution >= 0.6 is 0 Å². The first kappa shape index (κ1) is 17.9. The number of nitrogens with two attached hydrogens (primary N) is 1. The third-order valence-electron chi connectivity index (χ3n) is 3.55. The molecule has 0 aliphatic rings. The maximum Gasteiger partial charge on any atom is 0.328 e. The second kappa shape index (κ2) is 7.91. The number of benzene rings is 2. The largest absolute Gasteiger partial charge is 0.467 e. The minimum Gasteiger partial charge on any atom is -0.467 e. The number of hydrogen-bond acceptors (Lipinski definition) is 6. The van der Waals surface area contributed by atoms with Crippen LogP contribution in [-0.4, -0.2) is 30.0 Å². The van der Waals surface area contributed by atoms with E-state index in [0.29, 0.717) is 5.69 Å². The highest BCUT2D eigenvalue weighted by atomic mass is 16.6. The number of rotatable bonds is 6. The summed E-state index contributed by atoms with van der Waals surface area (Å²) >= 11 is 0. The molecule has 0 spiro atoms. The number of methoxy groups -OCH3 is 1. The minimum absolute atomic E-state index is 0.122. The van der Waals surface area contributed by atoms with Crippen LogP contribution in [0, 0.1) is 10.1 Å². The average molecular weight is 343 g/mol. The second-order valence-corrected chi connectivity index (χ2v) is 5.30. The summed E-state index contributed by atoms with van der Waals surface area (Å²) in [5.41, 5.74) is 7.10. The number of nitrogens with one attached hydrogen (secondary N) is 1. The van der Waals surface area contributed by atoms with Crippen molar-refractivity contribution in [1.29, 1.82) is 0 Å². The lowest BCUT2D eigenvalue weighted by atomic mass is 10.0. The number of esters is 1. The molecule has 2 rings (SSSR count). The van der Waals surface area contributed by atoms with Crippen molar-refractivity contribution in [2.75, 3.05) is 12.8 Å². The zero-order chi connectivity index (χ0) is 18.4. The molecule has 25 heavy (non-hydrogen) atoms. The van der Waals surface area contributed by atoms with E-state index in [1.54, 1.807) is 24.3 Å². The number of carbonyl (C=O) groups is 2. The number of ether oxygens (including phenoxy) is 1. The predicted octanol–water partition coefficient (Wildman–Crippen LogP) is 1.69. The first-order chi connectivity index (χ1) is 11.9. The first-order valence-corrected chi connectivity index (χ1v) is 7.38. The van der Waals surface area contributed by atoms with Crippen LogP contribution in [0.25, 0.3) is 0 Å². The summed E-state index contributed by atoms with van der Waals surface area (Å²) in [5.74, 6) is -1.12. The molecule has 0 saturated carbocycles. The number of carbonyl (C=O) groups excluding carboxylic acids is 2. The Morgan fingerprint density at radius 1 is 1.16 bits per heavy atom. The molecule has 130 valence electrons. The van der Waals surface area contributed by atoms with Crippen LogP contribution in [0.2, 0.25) is 0 Å². The maximum absolute atomic E-state index is 12.3. The monoisotopic (exact) mass is 343 g/mol. The Labute approximate surface area is 143 Å². The fraction of sp³-hybridized carbons (Fsp3) is 0.176. The smallest absolute Gasteiger partial charge is 0.328 e. The van der Waals surface area contributed by atoms with Crippen molar-refractivity contribution >= 4 is 23.3 Å². The Morgan fingerprint density at radius 3 is 2.28 bits per heavy atom. The minimum atomic E-state index is -0.892. The third kappa shape index (κ3) is 4.77. The van der Waals surface area contributed by atoms with Gasteiger partial charge in [-0.2, -0.15) is 0 Å². The number of nitrogens with zero attached hydrogens (tertiary/aromatic N) is 1. The van der Waals surface area contributed by atoms with Crippen molar-refractivity contribution < 1.29 is 19.2 Å². The number of nitrogen functional groups attached to an aromatic ring is 1. The summed E-state index contributed by atoms with van der Waals surface area (Å²) < 4.78 is 4.73. The van der Waals surface area contributed by atoms with E-state index in [2.05, 4.69) is 5.32 Å². The Hall–Kier alpha value is -3.42. The topological polar surface area (TPSA) is 125 Å². The second-order valence-electron chi connectivity index (χ2n) is 5.30. The van der Waals surface area contributed by atoms with Gasteiger partial charge in [0.15, 0.2) is 0 Å². The van der Waals surface area contributed by atoms with Crippen molar-refractivity contribution in [3.05, 3.63) is 69.8 Å². The summed E-state index contributed by atoms with van der Waals surface area (Å²) in [6.45, 7) is 0. The molecular weight excluding hydrogens is 326 g/mol. The van der Waals surface area contributed by atoms with E-state index in [-0.39, 0.29) is 17.7 Å². The summed E-state index contributed by atoms with van der Waals surface area (Å²) in [4.78, 5) is 34.3. The van der Waals surface area contributed by atoms with Gasteiger partial charge in [0.25, 0.3) is 11.6 Å². The van der Waals surface area contributed by atoms with Gasteiger partial charge in [-0.3, -0.25) is 14.9 Å². The highest BCUT2D eigenvalue weighted by Crippen LogP contribution is 2.13. The highest BCUT2D eigenvalue weighted by molar-refractivity contribution is 5.97. The lowest BCUT2D eigenvalue weighted by Gasteiger charge is -2.16. The first-order valence-electron chi connectivity index (χ1n) is 7.38. The lowest BCUT2D eigenvalue weighted by Crippen LogP contribution is -2.43. The van der Waals surface area contributed by atoms with Crippen molar-refractivity contribution in [1.82, 2.24) is 5.32 Å². The van der Waals surface area contributed by atoms with Crippen LogP contribution in [0.1, 0.15) is 15.9 Å². The number of non-ortho nitro benzene ring substituents is 1. The fourth-order valence-electron chi connectivity index (χ4n) is 2.20. The normalized spacial score (nSPS) is 11.4. The van der Waals surface area contributed by atoms with Gasteiger partial charge in [0.1, 0.15) is 6.04 Å². The Balaban J connectivity index is 2.12. The molecule has 2 aromatic rings. The molecule has 8 nitrogen and oxygen atoms in total. The van der Waals surface area contributed by atoms with Gasteiger partial charge in [-0.25, -0.2) is 4.79 Å². The molecule has 0 aliphatic heterocycles. The number of hydrogen-bond donors (Lipinski definition) is 2. The molecule has 1 unspecified atom stereocenters. The molecule has 8 heteroatoms. The van der Waals surface area contributed by atoms with Crippen molar-refractivity contribution in [2.24, 2.45) is 0 Å². The molecular formula is C17H17N3O5. The molecule has 2 aromatic carbocycles. The zero-order valence-corrected chi connectivity index (χ0v) is 13.5. The Kier molecular flexibility index (Phi) is 5.67. The SMILES string of the molecule is COC(=O)C(Cc1ccc(N)cc1)NC(=O)c1ccc([N+](=O)[O-])cc1. The molecule has 0 fully saturated rings. The molecule has 1 amide bonds. The average Bonchev–Trinajstić information content (AvgIpc) is 2.62. The molecule has 0 saturated heterocycles. The standard InChI is InChI=1S/C17H17N3O5/c1-25-17(22)15(10-11-2-6-13(18)7-3-11)19-16(21)12-4-8-14(9-5-12)20(23)24/h2-9,15H,10,18H2,1H3,(H,19,21). The maximum atomic E-state index is 12.3. The van der Waals surface area contributed by atoms with Crippen LogP contribution in [0.15, 0.2) is 48.5 Å². The summed E-state index contributed by atoms with van der Waals surface area (Å²) in [6.07, 6.45) is 0.228. The summed E-state index contributed by atoms with van der Waals surface area (Å²) in [7, 11) is 1.23. The van der Waals surface area contributed by atoms with Crippen LogP contribution in [-0.2, 0) is 16.0 Å². The van der Waals surface area contributed by atoms with Crippen LogP contribution < -0.4 is 11.1 Å². The van der Waals surface area contributed by atoms with E-state index < -0.39 is 22.8 Å².